The molecule has 0 saturated carbocycles. The molecule has 1 fully saturated rings. The number of nitrogens with zero attached hydrogens (tertiary/aromatic N) is 3. The third-order valence-corrected chi connectivity index (χ3v) is 4.82. The smallest absolute Gasteiger partial charge is 0.260 e. The maximum absolute atomic E-state index is 12.8. The molecule has 3 aromatic rings. The Bertz CT molecular complexity index is 1040. The summed E-state index contributed by atoms with van der Waals surface area (Å²) in [5.74, 6) is 0.789. The predicted molar refractivity (Wildman–Crippen MR) is 107 cm³/mol. The van der Waals surface area contributed by atoms with Gasteiger partial charge < -0.3 is 19.5 Å². The lowest BCUT2D eigenvalue weighted by Gasteiger charge is -2.17. The zero-order valence-electron chi connectivity index (χ0n) is 16.1. The van der Waals surface area contributed by atoms with Gasteiger partial charge in [-0.05, 0) is 43.3 Å². The molecule has 8 nitrogen and oxygen atoms in total. The second kappa shape index (κ2) is 7.75. The van der Waals surface area contributed by atoms with Gasteiger partial charge in [0.15, 0.2) is 5.82 Å². The van der Waals surface area contributed by atoms with Crippen molar-refractivity contribution < 1.29 is 18.8 Å². The fraction of sp³-hybridized carbons (Fsp3) is 0.238. The van der Waals surface area contributed by atoms with Gasteiger partial charge in [-0.3, -0.25) is 9.59 Å². The highest BCUT2D eigenvalue weighted by Gasteiger charge is 2.35. The molecule has 0 spiro atoms. The number of para-hydroxylation sites is 1. The van der Waals surface area contributed by atoms with Gasteiger partial charge in [0.1, 0.15) is 5.75 Å². The van der Waals surface area contributed by atoms with Crippen LogP contribution in [0.4, 0.5) is 11.4 Å². The van der Waals surface area contributed by atoms with Gasteiger partial charge in [0.25, 0.3) is 5.89 Å². The summed E-state index contributed by atoms with van der Waals surface area (Å²) in [6, 6.07) is 14.4. The molecule has 29 heavy (non-hydrogen) atoms. The van der Waals surface area contributed by atoms with Crippen LogP contribution in [0.3, 0.4) is 0 Å². The number of aromatic nitrogens is 2. The van der Waals surface area contributed by atoms with Crippen LogP contribution in [0.25, 0.3) is 11.5 Å². The van der Waals surface area contributed by atoms with E-state index in [0.717, 1.165) is 5.69 Å². The molecule has 148 valence electrons. The van der Waals surface area contributed by atoms with E-state index in [0.29, 0.717) is 35.3 Å². The van der Waals surface area contributed by atoms with E-state index in [9.17, 15) is 9.59 Å². The monoisotopic (exact) mass is 392 g/mol. The molecule has 2 amide bonds. The third kappa shape index (κ3) is 3.82. The van der Waals surface area contributed by atoms with Crippen LogP contribution in [-0.4, -0.2) is 35.6 Å². The summed E-state index contributed by atoms with van der Waals surface area (Å²) < 4.78 is 10.4. The van der Waals surface area contributed by atoms with E-state index in [1.807, 2.05) is 24.3 Å². The van der Waals surface area contributed by atoms with Crippen LogP contribution in [0, 0.1) is 12.8 Å². The fourth-order valence-electron chi connectivity index (χ4n) is 3.31. The highest BCUT2D eigenvalue weighted by molar-refractivity contribution is 6.04. The number of ether oxygens (including phenoxy) is 1. The number of carbonyl (C=O) groups excluding carboxylic acids is 2. The van der Waals surface area contributed by atoms with Crippen molar-refractivity contribution in [1.82, 2.24) is 10.1 Å². The second-order valence-corrected chi connectivity index (χ2v) is 6.78. The number of amides is 2. The molecule has 0 aliphatic carbocycles. The number of hydrogen-bond acceptors (Lipinski definition) is 6. The van der Waals surface area contributed by atoms with E-state index < -0.39 is 5.92 Å². The number of nitrogens with one attached hydrogen (secondary N) is 1. The van der Waals surface area contributed by atoms with E-state index in [2.05, 4.69) is 15.5 Å². The fourth-order valence-corrected chi connectivity index (χ4v) is 3.31. The number of methoxy groups -OCH3 is 1. The second-order valence-electron chi connectivity index (χ2n) is 6.78. The Kier molecular flexibility index (Phi) is 4.99. The van der Waals surface area contributed by atoms with Gasteiger partial charge in [0.05, 0.1) is 24.3 Å². The molecule has 1 atom stereocenters. The maximum Gasteiger partial charge on any atom is 0.260 e. The first-order valence-electron chi connectivity index (χ1n) is 9.20. The molecule has 4 rings (SSSR count). The van der Waals surface area contributed by atoms with Crippen molar-refractivity contribution >= 4 is 23.2 Å². The van der Waals surface area contributed by atoms with Crippen molar-refractivity contribution in [3.05, 3.63) is 54.4 Å². The first kappa shape index (κ1) is 18.7. The van der Waals surface area contributed by atoms with Gasteiger partial charge in [0, 0.05) is 18.7 Å². The lowest BCUT2D eigenvalue weighted by molar-refractivity contribution is -0.122. The summed E-state index contributed by atoms with van der Waals surface area (Å²) in [6.07, 6.45) is 0.152. The highest BCUT2D eigenvalue weighted by Crippen LogP contribution is 2.30. The van der Waals surface area contributed by atoms with Crippen LogP contribution in [0.5, 0.6) is 5.75 Å². The standard InChI is InChI=1S/C21H20N4O4/c1-13-22-21(29-24-13)17-5-3-4-6-18(17)23-20(27)14-11-19(26)25(12-14)15-7-9-16(28-2)10-8-15/h3-10,14H,11-12H2,1-2H3,(H,23,27)/t14-/m0/s1. The Balaban J connectivity index is 1.49. The summed E-state index contributed by atoms with van der Waals surface area (Å²) in [5.41, 5.74) is 1.95. The van der Waals surface area contributed by atoms with Crippen LogP contribution in [0.1, 0.15) is 12.2 Å². The third-order valence-electron chi connectivity index (χ3n) is 4.82. The lowest BCUT2D eigenvalue weighted by atomic mass is 10.1. The van der Waals surface area contributed by atoms with Crippen LogP contribution in [0.15, 0.2) is 53.1 Å². The van der Waals surface area contributed by atoms with E-state index in [4.69, 9.17) is 9.26 Å². The first-order chi connectivity index (χ1) is 14.0. The van der Waals surface area contributed by atoms with E-state index in [-0.39, 0.29) is 18.2 Å². The number of hydrogen-bond donors (Lipinski definition) is 1. The van der Waals surface area contributed by atoms with Gasteiger partial charge in [-0.2, -0.15) is 4.98 Å². The zero-order chi connectivity index (χ0) is 20.4. The molecule has 1 aliphatic rings. The summed E-state index contributed by atoms with van der Waals surface area (Å²) in [4.78, 5) is 31.2. The Morgan fingerprint density at radius 3 is 2.66 bits per heavy atom. The minimum atomic E-state index is -0.456. The normalized spacial score (nSPS) is 16.1. The average molecular weight is 392 g/mol. The molecule has 0 unspecified atom stereocenters. The summed E-state index contributed by atoms with van der Waals surface area (Å²) in [7, 11) is 1.59. The molecular weight excluding hydrogens is 372 g/mol. The molecule has 1 aliphatic heterocycles. The van der Waals surface area contributed by atoms with Crippen molar-refractivity contribution in [3.63, 3.8) is 0 Å². The Labute approximate surface area is 167 Å². The average Bonchev–Trinajstić information content (AvgIpc) is 3.34. The SMILES string of the molecule is COc1ccc(N2C[C@@H](C(=O)Nc3ccccc3-c3nc(C)no3)CC2=O)cc1. The zero-order valence-corrected chi connectivity index (χ0v) is 16.1. The number of aryl methyl sites for hydroxylation is 1. The van der Waals surface area contributed by atoms with Crippen LogP contribution in [0.2, 0.25) is 0 Å². The largest absolute Gasteiger partial charge is 0.497 e. The van der Waals surface area contributed by atoms with Gasteiger partial charge in [-0.15, -0.1) is 0 Å². The van der Waals surface area contributed by atoms with Crippen molar-refractivity contribution in [3.8, 4) is 17.2 Å². The number of anilines is 2. The maximum atomic E-state index is 12.8. The van der Waals surface area contributed by atoms with E-state index in [1.165, 1.54) is 0 Å². The van der Waals surface area contributed by atoms with Gasteiger partial charge >= 0.3 is 0 Å². The van der Waals surface area contributed by atoms with Crippen molar-refractivity contribution in [2.75, 3.05) is 23.9 Å². The minimum Gasteiger partial charge on any atom is -0.497 e. The van der Waals surface area contributed by atoms with E-state index >= 15 is 0 Å². The summed E-state index contributed by atoms with van der Waals surface area (Å²) in [6.45, 7) is 2.05. The van der Waals surface area contributed by atoms with Crippen molar-refractivity contribution in [1.29, 1.82) is 0 Å². The molecule has 1 aromatic heterocycles. The van der Waals surface area contributed by atoms with Gasteiger partial charge in [0.2, 0.25) is 11.8 Å². The van der Waals surface area contributed by atoms with Crippen LogP contribution >= 0.6 is 0 Å². The summed E-state index contributed by atoms with van der Waals surface area (Å²) >= 11 is 0. The van der Waals surface area contributed by atoms with Crippen LogP contribution in [-0.2, 0) is 9.59 Å². The lowest BCUT2D eigenvalue weighted by Crippen LogP contribution is -2.28. The predicted octanol–water partition coefficient (Wildman–Crippen LogP) is 3.05. The quantitative estimate of drug-likeness (QED) is 0.717. The highest BCUT2D eigenvalue weighted by atomic mass is 16.5. The van der Waals surface area contributed by atoms with E-state index in [1.54, 1.807) is 43.2 Å². The van der Waals surface area contributed by atoms with Gasteiger partial charge in [-0.1, -0.05) is 17.3 Å². The first-order valence-corrected chi connectivity index (χ1v) is 9.20. The number of carbonyl (C=O) groups is 2. The minimum absolute atomic E-state index is 0.0869. The Morgan fingerprint density at radius 1 is 1.21 bits per heavy atom. The van der Waals surface area contributed by atoms with Gasteiger partial charge in [-0.25, -0.2) is 0 Å². The molecule has 0 radical (unpaired) electrons. The Hall–Kier alpha value is -3.68. The molecule has 1 N–H and O–H groups in total. The topological polar surface area (TPSA) is 97.6 Å². The molecule has 1 saturated heterocycles. The molecular formula is C21H20N4O4. The number of rotatable bonds is 5. The Morgan fingerprint density at radius 2 is 1.97 bits per heavy atom. The van der Waals surface area contributed by atoms with Crippen LogP contribution < -0.4 is 15.0 Å². The summed E-state index contributed by atoms with van der Waals surface area (Å²) in [5, 5.41) is 6.70. The number of benzene rings is 2. The molecule has 8 heteroatoms. The van der Waals surface area contributed by atoms with Crippen molar-refractivity contribution in [2.45, 2.75) is 13.3 Å². The molecule has 0 bridgehead atoms. The molecule has 2 heterocycles. The van der Waals surface area contributed by atoms with Crippen molar-refractivity contribution in [2.24, 2.45) is 5.92 Å². The molecule has 2 aromatic carbocycles.